The van der Waals surface area contributed by atoms with Crippen molar-refractivity contribution in [2.45, 2.75) is 27.7 Å². The first-order chi connectivity index (χ1) is 12.7. The molecule has 0 saturated heterocycles. The van der Waals surface area contributed by atoms with Crippen LogP contribution in [-0.2, 0) is 9.59 Å². The highest BCUT2D eigenvalue weighted by molar-refractivity contribution is 5.81. The molecule has 1 aromatic heterocycles. The Bertz CT molecular complexity index is 1130. The number of esters is 2. The number of benzene rings is 2. The van der Waals surface area contributed by atoms with Gasteiger partial charge in [0.1, 0.15) is 11.5 Å². The zero-order chi connectivity index (χ0) is 19.7. The molecule has 2 aromatic carbocycles. The van der Waals surface area contributed by atoms with Gasteiger partial charge in [0.2, 0.25) is 5.89 Å². The van der Waals surface area contributed by atoms with E-state index in [0.29, 0.717) is 22.0 Å². The molecule has 0 atom stereocenters. The summed E-state index contributed by atoms with van der Waals surface area (Å²) in [5.74, 6) is -0.768. The lowest BCUT2D eigenvalue weighted by molar-refractivity contribution is -0.132. The lowest BCUT2D eigenvalue weighted by Crippen LogP contribution is -2.08. The molecule has 0 aliphatic carbocycles. The third kappa shape index (κ3) is 3.87. The van der Waals surface area contributed by atoms with Gasteiger partial charge in [0, 0.05) is 19.9 Å². The number of aryl methyl sites for hydroxylation is 2. The Kier molecular flexibility index (Phi) is 4.77. The molecule has 0 saturated carbocycles. The van der Waals surface area contributed by atoms with Gasteiger partial charge in [-0.2, -0.15) is 0 Å². The predicted molar refractivity (Wildman–Crippen MR) is 97.8 cm³/mol. The number of ether oxygens (including phenoxy) is 2. The van der Waals surface area contributed by atoms with Gasteiger partial charge in [-0.05, 0) is 37.6 Å². The van der Waals surface area contributed by atoms with Crippen LogP contribution in [0.2, 0.25) is 0 Å². The molecule has 3 rings (SSSR count). The maximum absolute atomic E-state index is 12.4. The van der Waals surface area contributed by atoms with E-state index >= 15 is 0 Å². The number of aromatic nitrogens is 1. The number of carbonyl (C=O) groups is 2. The third-order valence-corrected chi connectivity index (χ3v) is 3.80. The van der Waals surface area contributed by atoms with E-state index in [9.17, 15) is 14.4 Å². The van der Waals surface area contributed by atoms with Crippen LogP contribution in [0.3, 0.4) is 0 Å². The number of nitrogens with zero attached hydrogens (tertiary/aromatic N) is 1. The minimum atomic E-state index is -0.576. The summed E-state index contributed by atoms with van der Waals surface area (Å²) in [6.45, 7) is 6.08. The molecule has 0 radical (unpaired) electrons. The van der Waals surface area contributed by atoms with Crippen molar-refractivity contribution < 1.29 is 23.5 Å². The molecule has 0 aliphatic rings. The first-order valence-electron chi connectivity index (χ1n) is 8.18. The Morgan fingerprint density at radius 3 is 2.30 bits per heavy atom. The van der Waals surface area contributed by atoms with Gasteiger partial charge in [-0.15, -0.1) is 0 Å². The second kappa shape index (κ2) is 7.03. The van der Waals surface area contributed by atoms with Crippen LogP contribution in [0.15, 0.2) is 39.5 Å². The van der Waals surface area contributed by atoms with Gasteiger partial charge in [-0.25, -0.2) is 9.78 Å². The summed E-state index contributed by atoms with van der Waals surface area (Å²) in [5.41, 5.74) is 1.71. The van der Waals surface area contributed by atoms with Crippen molar-refractivity contribution in [1.82, 2.24) is 4.98 Å². The van der Waals surface area contributed by atoms with Crippen LogP contribution in [0.1, 0.15) is 25.0 Å². The van der Waals surface area contributed by atoms with Crippen molar-refractivity contribution in [3.63, 3.8) is 0 Å². The highest BCUT2D eigenvalue weighted by Crippen LogP contribution is 2.35. The Hall–Kier alpha value is -3.48. The number of rotatable bonds is 3. The highest BCUT2D eigenvalue weighted by atomic mass is 16.5. The lowest BCUT2D eigenvalue weighted by atomic mass is 10.1. The second-order valence-electron chi connectivity index (χ2n) is 6.13. The fourth-order valence-electron chi connectivity index (χ4n) is 2.64. The van der Waals surface area contributed by atoms with Crippen LogP contribution in [0.25, 0.3) is 22.4 Å². The Labute approximate surface area is 154 Å². The first-order valence-corrected chi connectivity index (χ1v) is 8.18. The van der Waals surface area contributed by atoms with E-state index < -0.39 is 17.6 Å². The average Bonchev–Trinajstić information content (AvgIpc) is 2.57. The molecule has 0 aliphatic heterocycles. The fourth-order valence-corrected chi connectivity index (χ4v) is 2.64. The fraction of sp³-hybridized carbons (Fsp3) is 0.200. The molecule has 0 spiro atoms. The molecule has 7 heteroatoms. The first kappa shape index (κ1) is 18.3. The number of hydrogen-bond donors (Lipinski definition) is 0. The Morgan fingerprint density at radius 1 is 0.963 bits per heavy atom. The van der Waals surface area contributed by atoms with Crippen LogP contribution in [0.4, 0.5) is 0 Å². The standard InChI is InChI=1S/C20H17NO6/c1-10-5-6-16-14(7-10)20(24)27-19(21-16)15-8-11(2)17(25-12(3)22)9-18(15)26-13(4)23/h5-9H,1-4H3. The molecule has 0 bridgehead atoms. The predicted octanol–water partition coefficient (Wildman–Crippen LogP) is 3.32. The molecule has 7 nitrogen and oxygen atoms in total. The van der Waals surface area contributed by atoms with Crippen molar-refractivity contribution >= 4 is 22.8 Å². The van der Waals surface area contributed by atoms with Gasteiger partial charge in [-0.1, -0.05) is 11.6 Å². The molecule has 0 N–H and O–H groups in total. The van der Waals surface area contributed by atoms with Gasteiger partial charge in [-0.3, -0.25) is 9.59 Å². The van der Waals surface area contributed by atoms with Crippen LogP contribution in [-0.4, -0.2) is 16.9 Å². The maximum Gasteiger partial charge on any atom is 0.347 e. The van der Waals surface area contributed by atoms with Crippen molar-refractivity contribution in [3.8, 4) is 23.0 Å². The van der Waals surface area contributed by atoms with Crippen LogP contribution in [0, 0.1) is 13.8 Å². The summed E-state index contributed by atoms with van der Waals surface area (Å²) >= 11 is 0. The summed E-state index contributed by atoms with van der Waals surface area (Å²) in [6, 6.07) is 8.23. The van der Waals surface area contributed by atoms with Gasteiger partial charge in [0.05, 0.1) is 16.5 Å². The van der Waals surface area contributed by atoms with E-state index in [1.54, 1.807) is 25.1 Å². The smallest absolute Gasteiger partial charge is 0.347 e. The second-order valence-corrected chi connectivity index (χ2v) is 6.13. The average molecular weight is 367 g/mol. The van der Waals surface area contributed by atoms with E-state index in [1.807, 2.05) is 13.0 Å². The summed E-state index contributed by atoms with van der Waals surface area (Å²) in [5, 5.41) is 0.362. The summed E-state index contributed by atoms with van der Waals surface area (Å²) in [6.07, 6.45) is 0. The highest BCUT2D eigenvalue weighted by Gasteiger charge is 2.18. The van der Waals surface area contributed by atoms with E-state index in [4.69, 9.17) is 13.9 Å². The minimum Gasteiger partial charge on any atom is -0.426 e. The van der Waals surface area contributed by atoms with E-state index in [1.165, 1.54) is 19.9 Å². The van der Waals surface area contributed by atoms with Crippen molar-refractivity contribution in [3.05, 3.63) is 51.9 Å². The van der Waals surface area contributed by atoms with Crippen LogP contribution < -0.4 is 15.1 Å². The van der Waals surface area contributed by atoms with Crippen molar-refractivity contribution in [1.29, 1.82) is 0 Å². The molecule has 27 heavy (non-hydrogen) atoms. The normalized spacial score (nSPS) is 10.7. The van der Waals surface area contributed by atoms with E-state index in [2.05, 4.69) is 4.98 Å². The van der Waals surface area contributed by atoms with Crippen LogP contribution >= 0.6 is 0 Å². The lowest BCUT2D eigenvalue weighted by Gasteiger charge is -2.12. The topological polar surface area (TPSA) is 95.7 Å². The molecule has 138 valence electrons. The van der Waals surface area contributed by atoms with Gasteiger partial charge >= 0.3 is 17.6 Å². The number of carbonyl (C=O) groups excluding carboxylic acids is 2. The molecular weight excluding hydrogens is 350 g/mol. The largest absolute Gasteiger partial charge is 0.426 e. The minimum absolute atomic E-state index is 0.00470. The van der Waals surface area contributed by atoms with Crippen molar-refractivity contribution in [2.75, 3.05) is 0 Å². The quantitative estimate of drug-likeness (QED) is 0.517. The van der Waals surface area contributed by atoms with Crippen LogP contribution in [0.5, 0.6) is 11.5 Å². The van der Waals surface area contributed by atoms with E-state index in [-0.39, 0.29) is 17.4 Å². The van der Waals surface area contributed by atoms with Gasteiger partial charge in [0.15, 0.2) is 0 Å². The third-order valence-electron chi connectivity index (χ3n) is 3.80. The SMILES string of the molecule is CC(=O)Oc1cc(OC(C)=O)c(-c2nc3ccc(C)cc3c(=O)o2)cc1C. The molecule has 3 aromatic rings. The molecule has 0 fully saturated rings. The zero-order valence-corrected chi connectivity index (χ0v) is 15.3. The van der Waals surface area contributed by atoms with Gasteiger partial charge < -0.3 is 13.9 Å². The number of fused-ring (bicyclic) bond motifs is 1. The number of hydrogen-bond acceptors (Lipinski definition) is 7. The summed E-state index contributed by atoms with van der Waals surface area (Å²) < 4.78 is 15.7. The zero-order valence-electron chi connectivity index (χ0n) is 15.3. The van der Waals surface area contributed by atoms with Crippen molar-refractivity contribution in [2.24, 2.45) is 0 Å². The summed E-state index contributed by atoms with van der Waals surface area (Å²) in [4.78, 5) is 39.5. The molecule has 0 unspecified atom stereocenters. The van der Waals surface area contributed by atoms with Gasteiger partial charge in [0.25, 0.3) is 0 Å². The Morgan fingerprint density at radius 2 is 1.63 bits per heavy atom. The monoisotopic (exact) mass is 367 g/mol. The summed E-state index contributed by atoms with van der Waals surface area (Å²) in [7, 11) is 0. The Balaban J connectivity index is 2.23. The molecule has 1 heterocycles. The maximum atomic E-state index is 12.4. The molecule has 0 amide bonds. The molecular formula is C20H17NO6. The van der Waals surface area contributed by atoms with E-state index in [0.717, 1.165) is 5.56 Å².